The first-order chi connectivity index (χ1) is 14.2. The highest BCUT2D eigenvalue weighted by molar-refractivity contribution is 6.04. The summed E-state index contributed by atoms with van der Waals surface area (Å²) in [4.78, 5) is 19.4. The molecule has 1 fully saturated rings. The average molecular weight is 388 g/mol. The van der Waals surface area contributed by atoms with Crippen LogP contribution in [-0.4, -0.2) is 37.6 Å². The summed E-state index contributed by atoms with van der Waals surface area (Å²) < 4.78 is 5.15. The van der Waals surface area contributed by atoms with Gasteiger partial charge in [0, 0.05) is 43.1 Å². The van der Waals surface area contributed by atoms with Crippen LogP contribution in [0, 0.1) is 0 Å². The fraction of sp³-hybridized carbons (Fsp3) is 0.217. The molecule has 1 unspecified atom stereocenters. The number of anilines is 2. The average Bonchev–Trinajstić information content (AvgIpc) is 2.80. The Kier molecular flexibility index (Phi) is 5.72. The molecular weight excluding hydrogens is 364 g/mol. The molecule has 148 valence electrons. The largest absolute Gasteiger partial charge is 0.497 e. The van der Waals surface area contributed by atoms with Crippen molar-refractivity contribution in [3.05, 3.63) is 84.1 Å². The molecule has 1 aliphatic heterocycles. The fourth-order valence-corrected chi connectivity index (χ4v) is 3.48. The number of nitrogens with one attached hydrogen (secondary N) is 2. The Morgan fingerprint density at radius 2 is 1.93 bits per heavy atom. The zero-order valence-corrected chi connectivity index (χ0v) is 16.3. The number of rotatable bonds is 5. The Morgan fingerprint density at radius 1 is 1.14 bits per heavy atom. The maximum Gasteiger partial charge on any atom is 0.255 e. The van der Waals surface area contributed by atoms with Crippen molar-refractivity contribution in [2.24, 2.45) is 0 Å². The molecule has 29 heavy (non-hydrogen) atoms. The van der Waals surface area contributed by atoms with Gasteiger partial charge in [-0.05, 0) is 42.0 Å². The van der Waals surface area contributed by atoms with Crippen LogP contribution in [0.4, 0.5) is 11.5 Å². The van der Waals surface area contributed by atoms with Crippen LogP contribution in [0.25, 0.3) is 0 Å². The van der Waals surface area contributed by atoms with Crippen LogP contribution in [0.3, 0.4) is 0 Å². The number of hydrogen-bond acceptors (Lipinski definition) is 5. The van der Waals surface area contributed by atoms with Crippen LogP contribution >= 0.6 is 0 Å². The predicted molar refractivity (Wildman–Crippen MR) is 115 cm³/mol. The number of amides is 1. The number of ether oxygens (including phenoxy) is 1. The van der Waals surface area contributed by atoms with Gasteiger partial charge < -0.3 is 20.3 Å². The van der Waals surface area contributed by atoms with E-state index in [9.17, 15) is 4.79 Å². The van der Waals surface area contributed by atoms with Gasteiger partial charge in [0.15, 0.2) is 0 Å². The van der Waals surface area contributed by atoms with Gasteiger partial charge in [-0.15, -0.1) is 0 Å². The number of benzene rings is 2. The van der Waals surface area contributed by atoms with Crippen LogP contribution in [0.2, 0.25) is 0 Å². The SMILES string of the molecule is COc1ccc(NC(=O)c2ccnc(N3CCNC(c4ccccc4)C3)c2)cc1. The number of piperazine rings is 1. The van der Waals surface area contributed by atoms with Crippen LogP contribution in [0.15, 0.2) is 72.9 Å². The number of carbonyl (C=O) groups is 1. The van der Waals surface area contributed by atoms with Crippen molar-refractivity contribution in [1.29, 1.82) is 0 Å². The van der Waals surface area contributed by atoms with E-state index in [1.54, 1.807) is 19.4 Å². The van der Waals surface area contributed by atoms with E-state index in [0.29, 0.717) is 5.56 Å². The Balaban J connectivity index is 1.46. The van der Waals surface area contributed by atoms with E-state index in [2.05, 4.69) is 44.8 Å². The lowest BCUT2D eigenvalue weighted by atomic mass is 10.0. The third-order valence-corrected chi connectivity index (χ3v) is 5.06. The normalized spacial score (nSPS) is 16.3. The molecule has 1 aromatic heterocycles. The van der Waals surface area contributed by atoms with Gasteiger partial charge in [-0.1, -0.05) is 30.3 Å². The van der Waals surface area contributed by atoms with Gasteiger partial charge in [0.05, 0.1) is 7.11 Å². The van der Waals surface area contributed by atoms with Gasteiger partial charge in [0.25, 0.3) is 5.91 Å². The van der Waals surface area contributed by atoms with Gasteiger partial charge in [-0.2, -0.15) is 0 Å². The van der Waals surface area contributed by atoms with E-state index < -0.39 is 0 Å². The topological polar surface area (TPSA) is 66.5 Å². The molecule has 1 atom stereocenters. The summed E-state index contributed by atoms with van der Waals surface area (Å²) >= 11 is 0. The number of nitrogens with zero attached hydrogens (tertiary/aromatic N) is 2. The highest BCUT2D eigenvalue weighted by Gasteiger charge is 2.22. The molecular formula is C23H24N4O2. The maximum atomic E-state index is 12.7. The number of carbonyl (C=O) groups excluding carboxylic acids is 1. The van der Waals surface area contributed by atoms with E-state index in [1.807, 2.05) is 36.4 Å². The minimum absolute atomic E-state index is 0.159. The molecule has 6 heteroatoms. The predicted octanol–water partition coefficient (Wildman–Crippen LogP) is 3.49. The second-order valence-electron chi connectivity index (χ2n) is 6.95. The first-order valence-corrected chi connectivity index (χ1v) is 9.67. The fourth-order valence-electron chi connectivity index (χ4n) is 3.48. The van der Waals surface area contributed by atoms with Crippen molar-refractivity contribution < 1.29 is 9.53 Å². The standard InChI is InChI=1S/C23H24N4O2/c1-29-20-9-7-19(8-10-20)26-23(28)18-11-12-25-22(15-18)27-14-13-24-21(16-27)17-5-3-2-4-6-17/h2-12,15,21,24H,13-14,16H2,1H3,(H,26,28). The van der Waals surface area contributed by atoms with Crippen molar-refractivity contribution in [3.8, 4) is 5.75 Å². The van der Waals surface area contributed by atoms with Crippen molar-refractivity contribution in [2.45, 2.75) is 6.04 Å². The number of methoxy groups -OCH3 is 1. The van der Waals surface area contributed by atoms with Crippen molar-refractivity contribution >= 4 is 17.4 Å². The number of pyridine rings is 1. The molecule has 0 spiro atoms. The van der Waals surface area contributed by atoms with E-state index in [4.69, 9.17) is 4.74 Å². The monoisotopic (exact) mass is 388 g/mol. The summed E-state index contributed by atoms with van der Waals surface area (Å²) in [7, 11) is 1.62. The Labute approximate surface area is 170 Å². The number of hydrogen-bond donors (Lipinski definition) is 2. The van der Waals surface area contributed by atoms with E-state index >= 15 is 0 Å². The van der Waals surface area contributed by atoms with Crippen LogP contribution in [-0.2, 0) is 0 Å². The third-order valence-electron chi connectivity index (χ3n) is 5.06. The molecule has 0 bridgehead atoms. The van der Waals surface area contributed by atoms with Gasteiger partial charge in [0.2, 0.25) is 0 Å². The highest BCUT2D eigenvalue weighted by atomic mass is 16.5. The van der Waals surface area contributed by atoms with Crippen molar-refractivity contribution in [2.75, 3.05) is 37.0 Å². The lowest BCUT2D eigenvalue weighted by Crippen LogP contribution is -2.46. The summed E-state index contributed by atoms with van der Waals surface area (Å²) in [6.45, 7) is 2.52. The van der Waals surface area contributed by atoms with Gasteiger partial charge in [0.1, 0.15) is 11.6 Å². The second-order valence-corrected chi connectivity index (χ2v) is 6.95. The molecule has 6 nitrogen and oxygen atoms in total. The lowest BCUT2D eigenvalue weighted by Gasteiger charge is -2.34. The van der Waals surface area contributed by atoms with E-state index in [-0.39, 0.29) is 11.9 Å². The van der Waals surface area contributed by atoms with Gasteiger partial charge in [-0.3, -0.25) is 4.79 Å². The maximum absolute atomic E-state index is 12.7. The Morgan fingerprint density at radius 3 is 2.69 bits per heavy atom. The van der Waals surface area contributed by atoms with E-state index in [0.717, 1.165) is 36.9 Å². The zero-order valence-electron chi connectivity index (χ0n) is 16.3. The van der Waals surface area contributed by atoms with Crippen LogP contribution < -0.4 is 20.3 Å². The smallest absolute Gasteiger partial charge is 0.255 e. The minimum Gasteiger partial charge on any atom is -0.497 e. The molecule has 3 aromatic rings. The zero-order chi connectivity index (χ0) is 20.1. The second kappa shape index (κ2) is 8.75. The summed E-state index contributed by atoms with van der Waals surface area (Å²) in [5.74, 6) is 1.41. The Bertz CT molecular complexity index is 960. The molecule has 1 aliphatic rings. The lowest BCUT2D eigenvalue weighted by molar-refractivity contribution is 0.102. The molecule has 2 N–H and O–H groups in total. The molecule has 0 radical (unpaired) electrons. The minimum atomic E-state index is -0.159. The third kappa shape index (κ3) is 4.55. The first kappa shape index (κ1) is 19.0. The van der Waals surface area contributed by atoms with Crippen LogP contribution in [0.5, 0.6) is 5.75 Å². The quantitative estimate of drug-likeness (QED) is 0.700. The van der Waals surface area contributed by atoms with Gasteiger partial charge >= 0.3 is 0 Å². The van der Waals surface area contributed by atoms with Crippen molar-refractivity contribution in [3.63, 3.8) is 0 Å². The molecule has 4 rings (SSSR count). The highest BCUT2D eigenvalue weighted by Crippen LogP contribution is 2.22. The molecule has 0 saturated carbocycles. The number of aromatic nitrogens is 1. The molecule has 2 aromatic carbocycles. The first-order valence-electron chi connectivity index (χ1n) is 9.67. The van der Waals surface area contributed by atoms with E-state index in [1.165, 1.54) is 5.56 Å². The summed E-state index contributed by atoms with van der Waals surface area (Å²) in [6, 6.07) is 21.5. The Hall–Kier alpha value is -3.38. The molecule has 1 amide bonds. The van der Waals surface area contributed by atoms with Gasteiger partial charge in [-0.25, -0.2) is 4.98 Å². The summed E-state index contributed by atoms with van der Waals surface area (Å²) in [5, 5.41) is 6.48. The summed E-state index contributed by atoms with van der Waals surface area (Å²) in [5.41, 5.74) is 2.56. The molecule has 0 aliphatic carbocycles. The van der Waals surface area contributed by atoms with Crippen molar-refractivity contribution in [1.82, 2.24) is 10.3 Å². The summed E-state index contributed by atoms with van der Waals surface area (Å²) in [6.07, 6.45) is 1.69. The molecule has 1 saturated heterocycles. The van der Waals surface area contributed by atoms with Crippen LogP contribution in [0.1, 0.15) is 22.0 Å². The molecule has 2 heterocycles.